The van der Waals surface area contributed by atoms with E-state index in [0.29, 0.717) is 29.4 Å². The summed E-state index contributed by atoms with van der Waals surface area (Å²) >= 11 is 3.40. The van der Waals surface area contributed by atoms with Gasteiger partial charge >= 0.3 is 6.03 Å². The van der Waals surface area contributed by atoms with E-state index in [1.807, 2.05) is 24.3 Å². The number of carbonyl (C=O) groups is 3. The van der Waals surface area contributed by atoms with Crippen LogP contribution in [0.25, 0.3) is 6.08 Å². The zero-order chi connectivity index (χ0) is 23.4. The largest absolute Gasteiger partial charge is 0.493 e. The quantitative estimate of drug-likeness (QED) is 0.376. The van der Waals surface area contributed by atoms with Gasteiger partial charge < -0.3 is 13.9 Å². The first kappa shape index (κ1) is 22.3. The van der Waals surface area contributed by atoms with Crippen LogP contribution in [-0.2, 0) is 22.7 Å². The van der Waals surface area contributed by atoms with E-state index < -0.39 is 17.8 Å². The molecule has 168 valence electrons. The zero-order valence-corrected chi connectivity index (χ0v) is 19.1. The zero-order valence-electron chi connectivity index (χ0n) is 17.5. The molecule has 33 heavy (non-hydrogen) atoms. The molecule has 2 aromatic carbocycles. The Morgan fingerprint density at radius 1 is 1.06 bits per heavy atom. The lowest BCUT2D eigenvalue weighted by Crippen LogP contribution is -2.53. The highest BCUT2D eigenvalue weighted by Gasteiger charge is 2.36. The fourth-order valence-electron chi connectivity index (χ4n) is 3.20. The van der Waals surface area contributed by atoms with Crippen LogP contribution in [0, 0.1) is 0 Å². The number of amides is 4. The van der Waals surface area contributed by atoms with Gasteiger partial charge in [-0.05, 0) is 53.6 Å². The predicted molar refractivity (Wildman–Crippen MR) is 122 cm³/mol. The molecule has 0 spiro atoms. The van der Waals surface area contributed by atoms with Crippen molar-refractivity contribution in [1.82, 2.24) is 10.2 Å². The minimum atomic E-state index is -0.798. The van der Waals surface area contributed by atoms with Crippen molar-refractivity contribution in [3.63, 3.8) is 0 Å². The van der Waals surface area contributed by atoms with Gasteiger partial charge in [0.2, 0.25) is 0 Å². The molecule has 1 aliphatic rings. The van der Waals surface area contributed by atoms with E-state index in [1.54, 1.807) is 30.3 Å². The molecule has 1 fully saturated rings. The van der Waals surface area contributed by atoms with Gasteiger partial charge in [0.1, 0.15) is 17.9 Å². The number of carbonyl (C=O) groups excluding carboxylic acids is 3. The Balaban J connectivity index is 1.54. The van der Waals surface area contributed by atoms with E-state index in [1.165, 1.54) is 19.4 Å². The van der Waals surface area contributed by atoms with Crippen molar-refractivity contribution in [2.75, 3.05) is 7.11 Å². The second-order valence-electron chi connectivity index (χ2n) is 7.11. The number of nitrogens with zero attached hydrogens (tertiary/aromatic N) is 1. The third kappa shape index (κ3) is 5.15. The highest BCUT2D eigenvalue weighted by molar-refractivity contribution is 9.10. The van der Waals surface area contributed by atoms with Crippen LogP contribution in [0.2, 0.25) is 0 Å². The van der Waals surface area contributed by atoms with Crippen molar-refractivity contribution in [2.45, 2.75) is 13.2 Å². The van der Waals surface area contributed by atoms with Crippen molar-refractivity contribution in [1.29, 1.82) is 0 Å². The molecule has 3 aromatic rings. The Morgan fingerprint density at radius 3 is 2.55 bits per heavy atom. The third-order valence-electron chi connectivity index (χ3n) is 4.89. The van der Waals surface area contributed by atoms with Crippen LogP contribution in [0.15, 0.2) is 75.3 Å². The summed E-state index contributed by atoms with van der Waals surface area (Å²) in [6.45, 7) is 0.253. The molecule has 0 atom stereocenters. The number of halogens is 1. The highest BCUT2D eigenvalue weighted by Crippen LogP contribution is 2.30. The molecule has 8 nitrogen and oxygen atoms in total. The number of nitrogens with one attached hydrogen (secondary N) is 1. The van der Waals surface area contributed by atoms with Gasteiger partial charge in [-0.2, -0.15) is 0 Å². The number of ether oxygens (including phenoxy) is 2. The molecule has 4 rings (SSSR count). The molecule has 0 radical (unpaired) electrons. The van der Waals surface area contributed by atoms with Crippen molar-refractivity contribution in [2.24, 2.45) is 0 Å². The Morgan fingerprint density at radius 2 is 1.85 bits per heavy atom. The minimum absolute atomic E-state index is 0.0888. The molecule has 1 saturated heterocycles. The number of methoxy groups -OCH3 is 1. The van der Waals surface area contributed by atoms with Crippen LogP contribution in [0.4, 0.5) is 4.79 Å². The lowest BCUT2D eigenvalue weighted by atomic mass is 10.1. The lowest BCUT2D eigenvalue weighted by Gasteiger charge is -2.25. The number of urea groups is 1. The van der Waals surface area contributed by atoms with Crippen LogP contribution >= 0.6 is 15.9 Å². The molecule has 1 aliphatic heterocycles. The molecular formula is C24H19BrN2O6. The normalized spacial score (nSPS) is 15.0. The summed E-state index contributed by atoms with van der Waals surface area (Å²) in [6, 6.07) is 15.3. The summed E-state index contributed by atoms with van der Waals surface area (Å²) in [6.07, 6.45) is 2.84. The summed E-state index contributed by atoms with van der Waals surface area (Å²) in [4.78, 5) is 38.3. The molecule has 0 bridgehead atoms. The van der Waals surface area contributed by atoms with Gasteiger partial charge in [0.05, 0.1) is 19.9 Å². The van der Waals surface area contributed by atoms with E-state index in [-0.39, 0.29) is 12.1 Å². The second kappa shape index (κ2) is 9.74. The molecule has 9 heteroatoms. The van der Waals surface area contributed by atoms with E-state index in [2.05, 4.69) is 21.2 Å². The van der Waals surface area contributed by atoms with Crippen LogP contribution in [-0.4, -0.2) is 29.9 Å². The van der Waals surface area contributed by atoms with Crippen LogP contribution in [0.5, 0.6) is 11.5 Å². The number of benzene rings is 2. The van der Waals surface area contributed by atoms with E-state index >= 15 is 0 Å². The number of barbiturate groups is 1. The van der Waals surface area contributed by atoms with Crippen molar-refractivity contribution in [3.8, 4) is 11.5 Å². The van der Waals surface area contributed by atoms with Gasteiger partial charge in [-0.3, -0.25) is 19.8 Å². The maximum absolute atomic E-state index is 12.9. The minimum Gasteiger partial charge on any atom is -0.493 e. The fraction of sp³-hybridized carbons (Fsp3) is 0.125. The van der Waals surface area contributed by atoms with Gasteiger partial charge in [-0.25, -0.2) is 4.79 Å². The molecular weight excluding hydrogens is 492 g/mol. The molecule has 0 saturated carbocycles. The van der Waals surface area contributed by atoms with Gasteiger partial charge in [0.25, 0.3) is 11.8 Å². The standard InChI is InChI=1S/C24H19BrN2O6/c1-31-21-12-16(6-9-20(21)33-14-15-4-7-17(25)8-5-15)11-19-22(28)26-24(30)27(23(19)29)13-18-3-2-10-32-18/h2-12H,13-14H2,1H3,(H,26,28,30)/b19-11+. The predicted octanol–water partition coefficient (Wildman–Crippen LogP) is 4.29. The first-order valence-corrected chi connectivity index (χ1v) is 10.7. The summed E-state index contributed by atoms with van der Waals surface area (Å²) < 4.78 is 17.5. The van der Waals surface area contributed by atoms with Gasteiger partial charge in [0, 0.05) is 4.47 Å². The van der Waals surface area contributed by atoms with Crippen molar-refractivity contribution >= 4 is 39.9 Å². The van der Waals surface area contributed by atoms with Gasteiger partial charge in [-0.1, -0.05) is 34.1 Å². The first-order chi connectivity index (χ1) is 15.9. The van der Waals surface area contributed by atoms with Gasteiger partial charge in [0.15, 0.2) is 11.5 Å². The Bertz CT molecular complexity index is 1220. The molecule has 1 aromatic heterocycles. The Hall–Kier alpha value is -3.85. The highest BCUT2D eigenvalue weighted by atomic mass is 79.9. The summed E-state index contributed by atoms with van der Waals surface area (Å²) in [5.41, 5.74) is 1.35. The number of hydrogen-bond donors (Lipinski definition) is 1. The molecule has 0 aliphatic carbocycles. The summed E-state index contributed by atoms with van der Waals surface area (Å²) in [7, 11) is 1.50. The molecule has 4 amide bonds. The Kier molecular flexibility index (Phi) is 6.60. The topological polar surface area (TPSA) is 98.1 Å². The summed E-state index contributed by atoms with van der Waals surface area (Å²) in [5, 5.41) is 2.18. The average Bonchev–Trinajstić information content (AvgIpc) is 3.33. The first-order valence-electron chi connectivity index (χ1n) is 9.91. The summed E-state index contributed by atoms with van der Waals surface area (Å²) in [5.74, 6) is -0.115. The Labute approximate surface area is 197 Å². The van der Waals surface area contributed by atoms with Gasteiger partial charge in [-0.15, -0.1) is 0 Å². The van der Waals surface area contributed by atoms with Crippen molar-refractivity contribution < 1.29 is 28.3 Å². The van der Waals surface area contributed by atoms with E-state index in [4.69, 9.17) is 13.9 Å². The lowest BCUT2D eigenvalue weighted by molar-refractivity contribution is -0.130. The van der Waals surface area contributed by atoms with Crippen LogP contribution < -0.4 is 14.8 Å². The molecule has 2 heterocycles. The second-order valence-corrected chi connectivity index (χ2v) is 8.03. The molecule has 1 N–H and O–H groups in total. The number of rotatable bonds is 7. The number of hydrogen-bond acceptors (Lipinski definition) is 6. The average molecular weight is 511 g/mol. The fourth-order valence-corrected chi connectivity index (χ4v) is 3.46. The third-order valence-corrected chi connectivity index (χ3v) is 5.41. The van der Waals surface area contributed by atoms with E-state index in [9.17, 15) is 14.4 Å². The number of furan rings is 1. The molecule has 0 unspecified atom stereocenters. The monoisotopic (exact) mass is 510 g/mol. The van der Waals surface area contributed by atoms with Crippen LogP contribution in [0.1, 0.15) is 16.9 Å². The van der Waals surface area contributed by atoms with Crippen molar-refractivity contribution in [3.05, 3.63) is 87.8 Å². The van der Waals surface area contributed by atoms with Crippen LogP contribution in [0.3, 0.4) is 0 Å². The SMILES string of the molecule is COc1cc(/C=C2\C(=O)NC(=O)N(Cc3ccco3)C2=O)ccc1OCc1ccc(Br)cc1. The van der Waals surface area contributed by atoms with E-state index in [0.717, 1.165) is 14.9 Å². The maximum atomic E-state index is 12.9. The maximum Gasteiger partial charge on any atom is 0.331 e. The number of imide groups is 2. The smallest absolute Gasteiger partial charge is 0.331 e.